The summed E-state index contributed by atoms with van der Waals surface area (Å²) in [4.78, 5) is 15.0. The Kier molecular flexibility index (Phi) is 8.63. The molecule has 0 bridgehead atoms. The van der Waals surface area contributed by atoms with E-state index in [4.69, 9.17) is 0 Å². The molecule has 0 spiro atoms. The molecule has 2 heterocycles. The minimum atomic E-state index is -0.656. The zero-order valence-electron chi connectivity index (χ0n) is 16.8. The third kappa shape index (κ3) is 5.64. The van der Waals surface area contributed by atoms with Crippen molar-refractivity contribution >= 4 is 23.9 Å². The fourth-order valence-electron chi connectivity index (χ4n) is 3.29. The summed E-state index contributed by atoms with van der Waals surface area (Å²) in [5, 5.41) is 6.13. The molecule has 0 aromatic heterocycles. The van der Waals surface area contributed by atoms with Crippen LogP contribution in [0.3, 0.4) is 0 Å². The van der Waals surface area contributed by atoms with Gasteiger partial charge in [0.1, 0.15) is 11.6 Å². The van der Waals surface area contributed by atoms with E-state index >= 15 is 0 Å². The summed E-state index contributed by atoms with van der Waals surface area (Å²) >= 11 is 1.89. The highest BCUT2D eigenvalue weighted by molar-refractivity contribution is 7.99. The van der Waals surface area contributed by atoms with Gasteiger partial charge in [-0.1, -0.05) is 20.4 Å². The zero-order chi connectivity index (χ0) is 20.7. The number of rotatable bonds is 7. The van der Waals surface area contributed by atoms with Gasteiger partial charge in [-0.05, 0) is 43.3 Å². The standard InChI is InChI=1S/C19H23F2N3OS.C2H6/c1-13(4-3-7-23-11-17(12-23)26-2)19(25)24-18(5-6-22-24)14-8-15(20)10-16(21)9-14;1-2/h6,8-10,17-18H,1,3-5,7,11-12H2,2H3;1-2H3. The lowest BCUT2D eigenvalue weighted by atomic mass is 10.0. The Morgan fingerprint density at radius 1 is 1.25 bits per heavy atom. The fraction of sp³-hybridized carbons (Fsp3) is 0.524. The number of likely N-dealkylation sites (tertiary alicyclic amines) is 1. The first-order chi connectivity index (χ1) is 13.5. The topological polar surface area (TPSA) is 35.9 Å². The first-order valence-corrected chi connectivity index (χ1v) is 11.0. The highest BCUT2D eigenvalue weighted by Gasteiger charge is 2.30. The molecule has 2 aliphatic heterocycles. The molecule has 0 N–H and O–H groups in total. The van der Waals surface area contributed by atoms with Crippen LogP contribution in [0.4, 0.5) is 8.78 Å². The number of benzene rings is 1. The Balaban J connectivity index is 0.00000136. The molecule has 1 aromatic rings. The second-order valence-electron chi connectivity index (χ2n) is 6.73. The van der Waals surface area contributed by atoms with Crippen LogP contribution in [-0.2, 0) is 4.79 Å². The molecule has 1 aromatic carbocycles. The largest absolute Gasteiger partial charge is 0.301 e. The van der Waals surface area contributed by atoms with Crippen LogP contribution in [0.1, 0.15) is 44.7 Å². The van der Waals surface area contributed by atoms with Gasteiger partial charge in [0.25, 0.3) is 5.91 Å². The number of carbonyl (C=O) groups is 1. The second kappa shape index (κ2) is 10.7. The SMILES string of the molecule is C=C(CCCN1CC(SC)C1)C(=O)N1N=CCC1c1cc(F)cc(F)c1.CC. The van der Waals surface area contributed by atoms with Crippen molar-refractivity contribution in [2.45, 2.75) is 44.4 Å². The Morgan fingerprint density at radius 2 is 1.89 bits per heavy atom. The monoisotopic (exact) mass is 409 g/mol. The smallest absolute Gasteiger partial charge is 0.269 e. The van der Waals surface area contributed by atoms with Gasteiger partial charge in [-0.15, -0.1) is 0 Å². The third-order valence-electron chi connectivity index (χ3n) is 4.82. The van der Waals surface area contributed by atoms with Gasteiger partial charge in [0, 0.05) is 42.6 Å². The lowest BCUT2D eigenvalue weighted by Gasteiger charge is -2.38. The van der Waals surface area contributed by atoms with Crippen molar-refractivity contribution in [1.29, 1.82) is 0 Å². The Labute approximate surface area is 170 Å². The average molecular weight is 410 g/mol. The number of hydrogen-bond acceptors (Lipinski definition) is 4. The lowest BCUT2D eigenvalue weighted by molar-refractivity contribution is -0.129. The van der Waals surface area contributed by atoms with E-state index in [1.54, 1.807) is 6.21 Å². The maximum atomic E-state index is 13.5. The Bertz CT molecular complexity index is 699. The minimum absolute atomic E-state index is 0.279. The highest BCUT2D eigenvalue weighted by Crippen LogP contribution is 2.31. The molecule has 7 heteroatoms. The number of halogens is 2. The van der Waals surface area contributed by atoms with Crippen molar-refractivity contribution in [2.24, 2.45) is 5.10 Å². The summed E-state index contributed by atoms with van der Waals surface area (Å²) in [6.45, 7) is 11.1. The summed E-state index contributed by atoms with van der Waals surface area (Å²) < 4.78 is 27.0. The predicted octanol–water partition coefficient (Wildman–Crippen LogP) is 4.63. The van der Waals surface area contributed by atoms with Crippen LogP contribution in [0, 0.1) is 11.6 Å². The molecule has 0 saturated carbocycles. The number of hydrazone groups is 1. The van der Waals surface area contributed by atoms with E-state index in [1.807, 2.05) is 25.6 Å². The molecular weight excluding hydrogens is 380 g/mol. The lowest BCUT2D eigenvalue weighted by Crippen LogP contribution is -2.49. The van der Waals surface area contributed by atoms with Gasteiger partial charge in [0.05, 0.1) is 6.04 Å². The number of nitrogens with zero attached hydrogens (tertiary/aromatic N) is 3. The molecule has 1 saturated heterocycles. The molecule has 1 unspecified atom stereocenters. The molecule has 1 atom stereocenters. The van der Waals surface area contributed by atoms with Crippen LogP contribution >= 0.6 is 11.8 Å². The molecule has 0 radical (unpaired) electrons. The number of hydrogen-bond donors (Lipinski definition) is 0. The van der Waals surface area contributed by atoms with Gasteiger partial charge in [0.15, 0.2) is 0 Å². The summed E-state index contributed by atoms with van der Waals surface area (Å²) in [7, 11) is 0. The van der Waals surface area contributed by atoms with Crippen LogP contribution in [-0.4, -0.2) is 53.2 Å². The molecule has 4 nitrogen and oxygen atoms in total. The summed E-state index contributed by atoms with van der Waals surface area (Å²) in [5.41, 5.74) is 0.887. The van der Waals surface area contributed by atoms with Crippen LogP contribution < -0.4 is 0 Å². The van der Waals surface area contributed by atoms with E-state index in [2.05, 4.69) is 22.8 Å². The van der Waals surface area contributed by atoms with Gasteiger partial charge in [-0.25, -0.2) is 13.8 Å². The maximum Gasteiger partial charge on any atom is 0.269 e. The highest BCUT2D eigenvalue weighted by atomic mass is 32.2. The van der Waals surface area contributed by atoms with Crippen molar-refractivity contribution < 1.29 is 13.6 Å². The second-order valence-corrected chi connectivity index (χ2v) is 7.86. The Morgan fingerprint density at radius 3 is 2.50 bits per heavy atom. The molecule has 3 rings (SSSR count). The minimum Gasteiger partial charge on any atom is -0.301 e. The maximum absolute atomic E-state index is 13.5. The third-order valence-corrected chi connectivity index (χ3v) is 5.78. The van der Waals surface area contributed by atoms with Gasteiger partial charge in [-0.3, -0.25) is 4.79 Å². The van der Waals surface area contributed by atoms with E-state index in [0.29, 0.717) is 24.0 Å². The van der Waals surface area contributed by atoms with Crippen LogP contribution in [0.5, 0.6) is 0 Å². The number of thioether (sulfide) groups is 1. The number of amides is 1. The van der Waals surface area contributed by atoms with Gasteiger partial charge in [0.2, 0.25) is 0 Å². The fourth-order valence-corrected chi connectivity index (χ4v) is 4.01. The zero-order valence-corrected chi connectivity index (χ0v) is 17.6. The quantitative estimate of drug-likeness (QED) is 0.616. The van der Waals surface area contributed by atoms with Gasteiger partial charge in [-0.2, -0.15) is 16.9 Å². The normalized spacial score (nSPS) is 19.2. The summed E-state index contributed by atoms with van der Waals surface area (Å²) in [5.74, 6) is -1.59. The van der Waals surface area contributed by atoms with Crippen LogP contribution in [0.2, 0.25) is 0 Å². The van der Waals surface area contributed by atoms with E-state index in [9.17, 15) is 13.6 Å². The average Bonchev–Trinajstić information content (AvgIpc) is 3.13. The Hall–Kier alpha value is -1.73. The molecule has 0 aliphatic carbocycles. The van der Waals surface area contributed by atoms with Crippen LogP contribution in [0.15, 0.2) is 35.5 Å². The van der Waals surface area contributed by atoms with Crippen LogP contribution in [0.25, 0.3) is 0 Å². The van der Waals surface area contributed by atoms with Crippen molar-refractivity contribution in [3.05, 3.63) is 47.5 Å². The molecule has 154 valence electrons. The van der Waals surface area contributed by atoms with Gasteiger partial charge < -0.3 is 4.90 Å². The van der Waals surface area contributed by atoms with E-state index in [1.165, 1.54) is 17.1 Å². The molecule has 28 heavy (non-hydrogen) atoms. The first-order valence-electron chi connectivity index (χ1n) is 9.73. The van der Waals surface area contributed by atoms with Crippen molar-refractivity contribution in [3.8, 4) is 0 Å². The van der Waals surface area contributed by atoms with E-state index in [-0.39, 0.29) is 5.91 Å². The first kappa shape index (κ1) is 22.6. The molecule has 1 fully saturated rings. The summed E-state index contributed by atoms with van der Waals surface area (Å²) in [6.07, 6.45) is 5.62. The van der Waals surface area contributed by atoms with Crippen molar-refractivity contribution in [1.82, 2.24) is 9.91 Å². The van der Waals surface area contributed by atoms with Gasteiger partial charge >= 0.3 is 0 Å². The molecular formula is C21H29F2N3OS. The van der Waals surface area contributed by atoms with E-state index < -0.39 is 17.7 Å². The van der Waals surface area contributed by atoms with Crippen molar-refractivity contribution in [2.75, 3.05) is 25.9 Å². The van der Waals surface area contributed by atoms with Crippen molar-refractivity contribution in [3.63, 3.8) is 0 Å². The van der Waals surface area contributed by atoms with E-state index in [0.717, 1.165) is 37.4 Å². The predicted molar refractivity (Wildman–Crippen MR) is 113 cm³/mol. The molecule has 1 amide bonds. The summed E-state index contributed by atoms with van der Waals surface area (Å²) in [6, 6.07) is 2.83. The number of carbonyl (C=O) groups excluding carboxylic acids is 1. The molecule has 2 aliphatic rings.